The van der Waals surface area contributed by atoms with Crippen molar-refractivity contribution in [3.8, 4) is 0 Å². The van der Waals surface area contributed by atoms with Gasteiger partial charge in [0.2, 0.25) is 5.78 Å². The van der Waals surface area contributed by atoms with Gasteiger partial charge in [-0.1, -0.05) is 16.8 Å². The molecule has 0 fully saturated rings. The molecule has 9 heteroatoms. The van der Waals surface area contributed by atoms with Crippen LogP contribution < -0.4 is 5.56 Å². The van der Waals surface area contributed by atoms with Crippen LogP contribution in [-0.4, -0.2) is 44.2 Å². The van der Waals surface area contributed by atoms with E-state index in [-0.39, 0.29) is 16.1 Å². The number of rotatable bonds is 4. The van der Waals surface area contributed by atoms with Crippen LogP contribution in [0.5, 0.6) is 0 Å². The average Bonchev–Trinajstić information content (AvgIpc) is 3.17. The molecule has 0 bridgehead atoms. The van der Waals surface area contributed by atoms with E-state index in [4.69, 9.17) is 16.4 Å². The van der Waals surface area contributed by atoms with Crippen LogP contribution in [-0.2, 0) is 21.4 Å². The lowest BCUT2D eigenvalue weighted by Crippen LogP contribution is -2.20. The largest absolute Gasteiger partial charge is 0.395 e. The van der Waals surface area contributed by atoms with Crippen molar-refractivity contribution in [2.24, 2.45) is 12.2 Å². The molecule has 1 N–H and O–H groups in total. The number of carbonyl (C=O) groups excluding carboxylic acids is 1. The predicted molar refractivity (Wildman–Crippen MR) is 97.5 cm³/mol. The second-order valence-electron chi connectivity index (χ2n) is 5.81. The number of hydrogen-bond donors (Lipinski definition) is 1. The Morgan fingerprint density at radius 1 is 1.44 bits per heavy atom. The van der Waals surface area contributed by atoms with Gasteiger partial charge in [0, 0.05) is 41.9 Å². The van der Waals surface area contributed by atoms with Gasteiger partial charge in [0.25, 0.3) is 5.56 Å². The highest BCUT2D eigenvalue weighted by molar-refractivity contribution is 7.99. The first-order valence-corrected chi connectivity index (χ1v) is 9.86. The second kappa shape index (κ2) is 6.20. The quantitative estimate of drug-likeness (QED) is 0.640. The Morgan fingerprint density at radius 2 is 2.16 bits per heavy atom. The van der Waals surface area contributed by atoms with E-state index in [1.807, 2.05) is 0 Å². The maximum Gasteiger partial charge on any atom is 0.277 e. The summed E-state index contributed by atoms with van der Waals surface area (Å²) in [6, 6.07) is 3.00. The third-order valence-electron chi connectivity index (χ3n) is 3.89. The van der Waals surface area contributed by atoms with Gasteiger partial charge in [0.15, 0.2) is 0 Å². The Bertz CT molecular complexity index is 1060. The van der Waals surface area contributed by atoms with Crippen LogP contribution >= 0.6 is 11.6 Å². The number of nitrogens with one attached hydrogen (secondary N) is 1. The highest BCUT2D eigenvalue weighted by Gasteiger charge is 2.26. The molecule has 25 heavy (non-hydrogen) atoms. The molecule has 2 aromatic rings. The average molecular weight is 382 g/mol. The molecule has 0 aliphatic carbocycles. The molecule has 0 saturated carbocycles. The molecule has 1 aliphatic heterocycles. The Balaban J connectivity index is 2.23. The molecule has 7 nitrogen and oxygen atoms in total. The molecule has 2 heterocycles. The normalized spacial score (nSPS) is 16.2. The van der Waals surface area contributed by atoms with Crippen LogP contribution in [0.15, 0.2) is 33.2 Å². The van der Waals surface area contributed by atoms with Crippen molar-refractivity contribution in [3.63, 3.8) is 0 Å². The first kappa shape index (κ1) is 17.5. The fourth-order valence-corrected chi connectivity index (χ4v) is 4.04. The zero-order valence-electron chi connectivity index (χ0n) is 13.7. The zero-order valence-corrected chi connectivity index (χ0v) is 15.2. The van der Waals surface area contributed by atoms with Gasteiger partial charge in [0.1, 0.15) is 12.2 Å². The lowest BCUT2D eigenvalue weighted by atomic mass is 10.00. The number of hydrogen-bond acceptors (Lipinski definition) is 5. The molecule has 0 spiro atoms. The molecule has 1 aromatic heterocycles. The molecule has 3 rings (SSSR count). The summed E-state index contributed by atoms with van der Waals surface area (Å²) >= 11 is 6.47. The van der Waals surface area contributed by atoms with Crippen LogP contribution in [0.4, 0.5) is 0 Å². The van der Waals surface area contributed by atoms with Crippen molar-refractivity contribution in [3.05, 3.63) is 50.4 Å². The van der Waals surface area contributed by atoms with Gasteiger partial charge in [-0.3, -0.25) is 18.5 Å². The Morgan fingerprint density at radius 3 is 2.68 bits per heavy atom. The van der Waals surface area contributed by atoms with Gasteiger partial charge < -0.3 is 9.94 Å². The van der Waals surface area contributed by atoms with Gasteiger partial charge in [-0.25, -0.2) is 0 Å². The number of aryl methyl sites for hydroxylation is 1. The smallest absolute Gasteiger partial charge is 0.277 e. The second-order valence-corrected chi connectivity index (χ2v) is 8.63. The number of aromatic amines is 1. The van der Waals surface area contributed by atoms with Crippen LogP contribution in [0.1, 0.15) is 27.9 Å². The number of nitrogens with zero attached hydrogens (tertiary/aromatic N) is 2. The van der Waals surface area contributed by atoms with Crippen LogP contribution in [0.2, 0.25) is 5.02 Å². The van der Waals surface area contributed by atoms with E-state index < -0.39 is 20.9 Å². The summed E-state index contributed by atoms with van der Waals surface area (Å²) in [6.45, 7) is 0.379. The minimum atomic E-state index is -2.61. The maximum absolute atomic E-state index is 12.8. The summed E-state index contributed by atoms with van der Waals surface area (Å²) in [5, 5.41) is 6.68. The van der Waals surface area contributed by atoms with E-state index >= 15 is 0 Å². The minimum absolute atomic E-state index is 0.0282. The number of aromatic nitrogens is 2. The van der Waals surface area contributed by atoms with Crippen LogP contribution in [0.25, 0.3) is 0 Å². The summed E-state index contributed by atoms with van der Waals surface area (Å²) in [5.74, 6) is 3.17. The third-order valence-corrected chi connectivity index (χ3v) is 5.55. The summed E-state index contributed by atoms with van der Waals surface area (Å²) in [6.07, 6.45) is 3.29. The minimum Gasteiger partial charge on any atom is -0.395 e. The maximum atomic E-state index is 12.8. The Hall–Kier alpha value is -2.32. The Kier molecular flexibility index (Phi) is 4.34. The van der Waals surface area contributed by atoms with Gasteiger partial charge in [-0.2, -0.15) is 0 Å². The Labute approximate surface area is 149 Å². The molecule has 1 aromatic carbocycles. The number of carbonyl (C=O) groups is 1. The van der Waals surface area contributed by atoms with E-state index in [1.54, 1.807) is 6.07 Å². The molecule has 0 radical (unpaired) electrons. The third kappa shape index (κ3) is 3.03. The van der Waals surface area contributed by atoms with E-state index in [9.17, 15) is 13.8 Å². The number of H-pyrrole nitrogens is 1. The molecule has 132 valence electrons. The summed E-state index contributed by atoms with van der Waals surface area (Å²) in [4.78, 5) is 30.2. The van der Waals surface area contributed by atoms with Crippen molar-refractivity contribution in [2.45, 2.75) is 11.3 Å². The lowest BCUT2D eigenvalue weighted by Gasteiger charge is -2.14. The molecule has 1 unspecified atom stereocenters. The molecule has 0 saturated heterocycles. The number of halogens is 1. The summed E-state index contributed by atoms with van der Waals surface area (Å²) < 4.78 is 13.7. The molecule has 1 atom stereocenters. The summed E-state index contributed by atoms with van der Waals surface area (Å²) in [7, 11) is -1.10. The van der Waals surface area contributed by atoms with Gasteiger partial charge in [-0.15, -0.1) is 0 Å². The van der Waals surface area contributed by atoms with Crippen molar-refractivity contribution < 1.29 is 13.8 Å². The lowest BCUT2D eigenvalue weighted by molar-refractivity contribution is 0.103. The molecule has 1 aliphatic rings. The predicted octanol–water partition coefficient (Wildman–Crippen LogP) is 1.43. The van der Waals surface area contributed by atoms with Crippen LogP contribution in [0.3, 0.4) is 0 Å². The van der Waals surface area contributed by atoms with Gasteiger partial charge in [-0.05, 0) is 27.5 Å². The highest BCUT2D eigenvalue weighted by Crippen LogP contribution is 2.31. The van der Waals surface area contributed by atoms with Gasteiger partial charge in [0.05, 0.1) is 10.7 Å². The molecular weight excluding hydrogens is 366 g/mol. The van der Waals surface area contributed by atoms with E-state index in [0.29, 0.717) is 29.2 Å². The first-order valence-electron chi connectivity index (χ1n) is 7.35. The topological polar surface area (TPSA) is 93.5 Å². The van der Waals surface area contributed by atoms with Crippen molar-refractivity contribution in [1.82, 2.24) is 9.78 Å². The van der Waals surface area contributed by atoms with Crippen molar-refractivity contribution in [1.29, 1.82) is 0 Å². The highest BCUT2D eigenvalue weighted by atomic mass is 35.5. The number of ketones is 1. The fourth-order valence-electron chi connectivity index (χ4n) is 2.61. The van der Waals surface area contributed by atoms with Gasteiger partial charge >= 0.3 is 0 Å². The van der Waals surface area contributed by atoms with Crippen molar-refractivity contribution >= 4 is 38.5 Å². The van der Waals surface area contributed by atoms with E-state index in [2.05, 4.69) is 16.1 Å². The number of benzene rings is 1. The monoisotopic (exact) mass is 381 g/mol. The standard InChI is InChI=1S/C16H16ClN3O4S/c1-20-16(22)10(8-18-20)15(21)9-4-5-12(25(2,3)23)13(14(9)17)11-6-7-24-19-11/h4-5,8,18H,2,6-7H2,1,3H3. The SMILES string of the molecule is C=S(C)(=O)c1ccc(C(=O)c2c[nH]n(C)c2=O)c(Cl)c1C1=NOCC1. The zero-order chi connectivity index (χ0) is 18.4. The van der Waals surface area contributed by atoms with Crippen molar-refractivity contribution in [2.75, 3.05) is 12.9 Å². The number of oxime groups is 1. The first-order chi connectivity index (χ1) is 11.7. The summed E-state index contributed by atoms with van der Waals surface area (Å²) in [5.41, 5.74) is 0.550. The van der Waals surface area contributed by atoms with Crippen LogP contribution in [0, 0.1) is 0 Å². The fraction of sp³-hybridized carbons (Fsp3) is 0.250. The molecule has 0 amide bonds. The van der Waals surface area contributed by atoms with E-state index in [1.165, 1.54) is 30.2 Å². The van der Waals surface area contributed by atoms with E-state index in [0.717, 1.165) is 0 Å². The molecular formula is C16H16ClN3O4S.